The zero-order chi connectivity index (χ0) is 46.1. The van der Waals surface area contributed by atoms with E-state index in [0.717, 1.165) is 95.2 Å². The van der Waals surface area contributed by atoms with Crippen molar-refractivity contribution in [2.45, 2.75) is 179 Å². The highest BCUT2D eigenvalue weighted by molar-refractivity contribution is 8.13. The molecule has 14 nitrogen and oxygen atoms in total. The molecule has 0 aromatic heterocycles. The maximum atomic E-state index is 13.5. The van der Waals surface area contributed by atoms with Crippen molar-refractivity contribution in [2.24, 2.45) is 23.7 Å². The first-order valence-electron chi connectivity index (χ1n) is 23.0. The summed E-state index contributed by atoms with van der Waals surface area (Å²) >= 11 is 4.81. The van der Waals surface area contributed by atoms with Crippen LogP contribution < -0.4 is 21.3 Å². The molecule has 5 aliphatic rings. The van der Waals surface area contributed by atoms with E-state index in [1.165, 1.54) is 20.8 Å². The van der Waals surface area contributed by atoms with Crippen LogP contribution in [0.4, 0.5) is 0 Å². The molecule has 4 amide bonds. The zero-order valence-corrected chi connectivity index (χ0v) is 39.7. The molecular weight excluding hydrogens is 833 g/mol. The number of rotatable bonds is 20. The first-order valence-corrected chi connectivity index (χ1v) is 24.6. The van der Waals surface area contributed by atoms with Crippen molar-refractivity contribution in [3.05, 3.63) is 24.3 Å². The molecule has 0 unspecified atom stereocenters. The molecule has 0 aromatic rings. The first-order chi connectivity index (χ1) is 29.4. The second-order valence-electron chi connectivity index (χ2n) is 17.8. The summed E-state index contributed by atoms with van der Waals surface area (Å²) in [5.74, 6) is -1.75. The average Bonchev–Trinajstić information content (AvgIpc) is 3.56. The number of hydrogen-bond donors (Lipinski definition) is 8. The Hall–Kier alpha value is -2.92. The van der Waals surface area contributed by atoms with Crippen LogP contribution >= 0.6 is 24.4 Å². The van der Waals surface area contributed by atoms with Crippen molar-refractivity contribution in [3.8, 4) is 0 Å². The van der Waals surface area contributed by atoms with E-state index in [0.29, 0.717) is 37.3 Å². The molecule has 0 saturated carbocycles. The second-order valence-corrected chi connectivity index (χ2v) is 19.3. The molecule has 3 fully saturated rings. The smallest absolute Gasteiger partial charge is 0.339 e. The van der Waals surface area contributed by atoms with Gasteiger partial charge in [0.05, 0.1) is 24.0 Å². The number of amides is 4. The fourth-order valence-corrected chi connectivity index (χ4v) is 10.8. The van der Waals surface area contributed by atoms with E-state index < -0.39 is 51.5 Å². The highest BCUT2D eigenvalue weighted by atomic mass is 32.2. The van der Waals surface area contributed by atoms with Crippen LogP contribution in [0.5, 0.6) is 0 Å². The Bertz CT molecular complexity index is 1590. The third kappa shape index (κ3) is 12.2. The Kier molecular flexibility index (Phi) is 21.5. The molecule has 3 heterocycles. The van der Waals surface area contributed by atoms with E-state index in [1.807, 2.05) is 31.2 Å². The summed E-state index contributed by atoms with van der Waals surface area (Å²) in [7, 11) is 0. The molecule has 0 radical (unpaired) electrons. The quantitative estimate of drug-likeness (QED) is 0.0358. The summed E-state index contributed by atoms with van der Waals surface area (Å²) in [6.07, 6.45) is 20.4. The molecule has 7 N–H and O–H groups in total. The van der Waals surface area contributed by atoms with Crippen molar-refractivity contribution in [3.63, 3.8) is 0 Å². The van der Waals surface area contributed by atoms with E-state index in [-0.39, 0.29) is 47.9 Å². The zero-order valence-electron chi connectivity index (χ0n) is 38.0. The number of aliphatic hydroxyl groups is 3. The lowest BCUT2D eigenvalue weighted by molar-refractivity contribution is -0.238. The predicted octanol–water partition coefficient (Wildman–Crippen LogP) is 4.83. The molecule has 62 heavy (non-hydrogen) atoms. The molecule has 5 rings (SSSR count). The normalized spacial score (nSPS) is 31.7. The highest BCUT2D eigenvalue weighted by Crippen LogP contribution is 2.54. The number of carbonyl (C=O) groups is 6. The summed E-state index contributed by atoms with van der Waals surface area (Å²) in [5, 5.41) is 44.4. The Morgan fingerprint density at radius 2 is 1.32 bits per heavy atom. The molecule has 0 spiro atoms. The van der Waals surface area contributed by atoms with E-state index >= 15 is 0 Å². The second kappa shape index (κ2) is 25.0. The summed E-state index contributed by atoms with van der Waals surface area (Å²) in [6, 6.07) is 0. The summed E-state index contributed by atoms with van der Waals surface area (Å²) < 4.78 is 5.50. The van der Waals surface area contributed by atoms with Gasteiger partial charge in [-0.3, -0.25) is 24.0 Å². The lowest BCUT2D eigenvalue weighted by Crippen LogP contribution is -2.80. The van der Waals surface area contributed by atoms with Gasteiger partial charge in [0.15, 0.2) is 11.1 Å². The number of unbranched alkanes of at least 4 members (excludes halogenated alkanes) is 6. The summed E-state index contributed by atoms with van der Waals surface area (Å²) in [6.45, 7) is 11.4. The summed E-state index contributed by atoms with van der Waals surface area (Å²) in [4.78, 5) is 72.5. The van der Waals surface area contributed by atoms with Gasteiger partial charge in [-0.25, -0.2) is 4.79 Å². The lowest BCUT2D eigenvalue weighted by Gasteiger charge is -2.54. The molecule has 3 saturated heterocycles. The van der Waals surface area contributed by atoms with Gasteiger partial charge in [0.2, 0.25) is 34.3 Å². The maximum absolute atomic E-state index is 13.5. The van der Waals surface area contributed by atoms with Crippen molar-refractivity contribution >= 4 is 59.1 Å². The molecular formula is C46H76N4O10S2. The summed E-state index contributed by atoms with van der Waals surface area (Å²) in [5.41, 5.74) is -5.71. The van der Waals surface area contributed by atoms with E-state index in [9.17, 15) is 44.1 Å². The van der Waals surface area contributed by atoms with Gasteiger partial charge >= 0.3 is 5.97 Å². The van der Waals surface area contributed by atoms with E-state index in [2.05, 4.69) is 47.7 Å². The number of hydrogen-bond acceptors (Lipinski definition) is 12. The molecule has 16 heteroatoms. The monoisotopic (exact) mass is 909 g/mol. The number of aliphatic hydroxyl groups excluding tert-OH is 2. The largest absolute Gasteiger partial charge is 0.453 e. The van der Waals surface area contributed by atoms with Crippen molar-refractivity contribution < 1.29 is 48.8 Å². The van der Waals surface area contributed by atoms with Gasteiger partial charge in [0.25, 0.3) is 0 Å². The first kappa shape index (κ1) is 53.4. The number of fused-ring (bicyclic) bond motifs is 1. The number of carbonyl (C=O) groups excluding carboxylic acids is 6. The van der Waals surface area contributed by atoms with Gasteiger partial charge in [-0.1, -0.05) is 101 Å². The van der Waals surface area contributed by atoms with Crippen molar-refractivity contribution in [2.75, 3.05) is 24.6 Å². The third-order valence-corrected chi connectivity index (χ3v) is 14.5. The Labute approximate surface area is 379 Å². The van der Waals surface area contributed by atoms with Gasteiger partial charge < -0.3 is 41.3 Å². The third-order valence-electron chi connectivity index (χ3n) is 13.3. The molecule has 352 valence electrons. The fraction of sp³-hybridized carbons (Fsp3) is 0.783. The van der Waals surface area contributed by atoms with Crippen LogP contribution in [0, 0.1) is 23.7 Å². The Morgan fingerprint density at radius 3 is 1.79 bits per heavy atom. The standard InChI is InChI=1S/C23H38N2O5S.C19H29NO4.C4H9NOS/c1-4-5-6-10-13-18-20(28)25-23(22(18,3)30,19(27)17-11-8-7-9-12-17)21(29)31-15-14-24-16(2)26;1-3-4-5-9-12-14-16(22)20-19(17(23)24-18(14,19)2)15(21)13-10-7-6-8-11-13;1-4(6)5-2-3-7/h8,11,17-19,27,30H,4-7,9-10,12-15H2,1-3H3,(H,24,26)(H,25,28);7,10,13-15,21H,3-6,8-9,11-12H2,1-2H3,(H,20,22);7H,2-3H2,1H3,(H,5,6)/t17-,18+,19+,22+,23+;13-,14+,15+,18+,19+;/m11./s1. The molecule has 3 aliphatic heterocycles. The van der Waals surface area contributed by atoms with E-state index in [4.69, 9.17) is 4.74 Å². The van der Waals surface area contributed by atoms with E-state index in [1.54, 1.807) is 0 Å². The van der Waals surface area contributed by atoms with Crippen LogP contribution in [0.1, 0.15) is 144 Å². The number of allylic oxidation sites excluding steroid dienone is 2. The lowest BCUT2D eigenvalue weighted by atomic mass is 9.64. The number of thioether (sulfide) groups is 1. The maximum Gasteiger partial charge on any atom is 0.339 e. The molecule has 2 aliphatic carbocycles. The number of esters is 1. The Balaban J connectivity index is 0.000000292. The predicted molar refractivity (Wildman–Crippen MR) is 245 cm³/mol. The number of ether oxygens (including phenoxy) is 1. The van der Waals surface area contributed by atoms with Crippen LogP contribution in [0.3, 0.4) is 0 Å². The van der Waals surface area contributed by atoms with Gasteiger partial charge in [0.1, 0.15) is 5.60 Å². The van der Waals surface area contributed by atoms with Gasteiger partial charge in [-0.2, -0.15) is 12.6 Å². The van der Waals surface area contributed by atoms with Crippen LogP contribution in [0.2, 0.25) is 0 Å². The van der Waals surface area contributed by atoms with Gasteiger partial charge in [0, 0.05) is 50.3 Å². The number of thiol groups is 1. The van der Waals surface area contributed by atoms with Crippen molar-refractivity contribution in [1.82, 2.24) is 21.3 Å². The topological polar surface area (TPSA) is 220 Å². The van der Waals surface area contributed by atoms with Crippen LogP contribution in [-0.2, 0) is 33.5 Å². The van der Waals surface area contributed by atoms with Crippen LogP contribution in [0.15, 0.2) is 24.3 Å². The van der Waals surface area contributed by atoms with Crippen LogP contribution in [-0.4, -0.2) is 109 Å². The average molecular weight is 909 g/mol. The fourth-order valence-electron chi connectivity index (χ4n) is 9.67. The van der Waals surface area contributed by atoms with Crippen molar-refractivity contribution in [1.29, 1.82) is 0 Å². The van der Waals surface area contributed by atoms with Gasteiger partial charge in [-0.15, -0.1) is 0 Å². The minimum Gasteiger partial charge on any atom is -0.453 e. The highest BCUT2D eigenvalue weighted by Gasteiger charge is 2.79. The molecule has 0 aromatic carbocycles. The number of nitrogens with one attached hydrogen (secondary N) is 4. The molecule has 0 bridgehead atoms. The SMILES string of the molecule is CC(=O)NCCS.CCCCCC[C@H]1C(=O)N[C@@]2([C@@H](O)[C@@H]3C=CCCC3)C(=O)O[C@@]12C.CCCCCC[C@H]1C(=O)N[C@](C(=O)SCCNC(C)=O)([C@@H](O)[C@@H]2C=CCCC2)[C@@]1(C)O. The Morgan fingerprint density at radius 1 is 0.806 bits per heavy atom. The minimum absolute atomic E-state index is 0.00838. The van der Waals surface area contributed by atoms with Crippen LogP contribution in [0.25, 0.3) is 0 Å². The minimum atomic E-state index is -1.78. The van der Waals surface area contributed by atoms with Gasteiger partial charge in [-0.05, 0) is 65.2 Å². The molecule has 10 atom stereocenters.